The van der Waals surface area contributed by atoms with Gasteiger partial charge in [0.15, 0.2) is 5.82 Å². The molecule has 4 aromatic rings. The van der Waals surface area contributed by atoms with Gasteiger partial charge in [-0.2, -0.15) is 10.1 Å². The highest BCUT2D eigenvalue weighted by Gasteiger charge is 2.25. The van der Waals surface area contributed by atoms with E-state index < -0.39 is 0 Å². The smallest absolute Gasteiger partial charge is 0.225 e. The van der Waals surface area contributed by atoms with Crippen LogP contribution in [0.25, 0.3) is 10.9 Å². The van der Waals surface area contributed by atoms with Gasteiger partial charge in [-0.3, -0.25) is 5.10 Å². The molecule has 0 aliphatic heterocycles. The van der Waals surface area contributed by atoms with E-state index in [1.165, 1.54) is 25.0 Å². The second-order valence-corrected chi connectivity index (χ2v) is 8.02. The van der Waals surface area contributed by atoms with E-state index in [1.807, 2.05) is 25.1 Å². The maximum atomic E-state index is 13.2. The fourth-order valence-corrected chi connectivity index (χ4v) is 3.58. The second kappa shape index (κ2) is 7.57. The first-order valence-corrected chi connectivity index (χ1v) is 10.2. The Hall–Kier alpha value is -3.19. The van der Waals surface area contributed by atoms with Gasteiger partial charge in [-0.15, -0.1) is 0 Å². The number of hydrogen-bond acceptors (Lipinski definition) is 5. The van der Waals surface area contributed by atoms with Crippen LogP contribution in [-0.4, -0.2) is 20.2 Å². The zero-order valence-electron chi connectivity index (χ0n) is 16.3. The number of H-pyrrole nitrogens is 1. The van der Waals surface area contributed by atoms with E-state index in [-0.39, 0.29) is 11.9 Å². The van der Waals surface area contributed by atoms with Crippen LogP contribution in [0.15, 0.2) is 48.5 Å². The summed E-state index contributed by atoms with van der Waals surface area (Å²) in [6.45, 7) is 1.97. The van der Waals surface area contributed by atoms with Gasteiger partial charge < -0.3 is 10.6 Å². The molecule has 3 N–H and O–H groups in total. The Kier molecular flexibility index (Phi) is 4.75. The Balaban J connectivity index is 1.47. The number of fused-ring (bicyclic) bond motifs is 1. The van der Waals surface area contributed by atoms with Crippen molar-refractivity contribution in [3.8, 4) is 0 Å². The molecule has 0 amide bonds. The predicted molar refractivity (Wildman–Crippen MR) is 117 cm³/mol. The fraction of sp³-hybridized carbons (Fsp3) is 0.227. The normalized spacial score (nSPS) is 14.6. The van der Waals surface area contributed by atoms with Crippen LogP contribution in [0.1, 0.15) is 43.0 Å². The first-order chi connectivity index (χ1) is 14.5. The highest BCUT2D eigenvalue weighted by molar-refractivity contribution is 6.31. The van der Waals surface area contributed by atoms with Crippen LogP contribution >= 0.6 is 11.6 Å². The van der Waals surface area contributed by atoms with Crippen LogP contribution < -0.4 is 10.6 Å². The van der Waals surface area contributed by atoms with E-state index in [0.29, 0.717) is 34.0 Å². The largest absolute Gasteiger partial charge is 0.348 e. The third kappa shape index (κ3) is 3.93. The van der Waals surface area contributed by atoms with E-state index in [9.17, 15) is 4.39 Å². The average molecular weight is 423 g/mol. The number of nitrogens with zero attached hydrogens (tertiary/aromatic N) is 3. The van der Waals surface area contributed by atoms with Crippen LogP contribution in [0.2, 0.25) is 5.02 Å². The predicted octanol–water partition coefficient (Wildman–Crippen LogP) is 5.94. The van der Waals surface area contributed by atoms with Gasteiger partial charge in [-0.25, -0.2) is 9.37 Å². The number of rotatable bonds is 6. The molecule has 2 aromatic heterocycles. The van der Waals surface area contributed by atoms with Crippen molar-refractivity contribution in [2.75, 3.05) is 10.6 Å². The zero-order chi connectivity index (χ0) is 20.7. The topological polar surface area (TPSA) is 78.5 Å². The standard InChI is InChI=1S/C22H20ClFN6/c1-12(13-4-7-16(24)8-5-13)25-22-26-19-10-15(23)6-9-17(19)21(28-22)27-20-11-18(29-30-20)14-2-3-14/h4-12,14H,2-3H2,1H3,(H3,25,26,27,28,29,30)/t12-/m0/s1. The zero-order valence-corrected chi connectivity index (χ0v) is 17.0. The van der Waals surface area contributed by atoms with Crippen LogP contribution in [0.5, 0.6) is 0 Å². The molecule has 152 valence electrons. The minimum absolute atomic E-state index is 0.109. The molecule has 0 saturated heterocycles. The van der Waals surface area contributed by atoms with E-state index in [0.717, 1.165) is 16.6 Å². The molecule has 1 aliphatic carbocycles. The van der Waals surface area contributed by atoms with Gasteiger partial charge >= 0.3 is 0 Å². The molecule has 1 aliphatic rings. The Morgan fingerprint density at radius 3 is 2.67 bits per heavy atom. The number of anilines is 3. The summed E-state index contributed by atoms with van der Waals surface area (Å²) in [5, 5.41) is 15.5. The monoisotopic (exact) mass is 422 g/mol. The Bertz CT molecular complexity index is 1200. The summed E-state index contributed by atoms with van der Waals surface area (Å²) in [4.78, 5) is 9.29. The lowest BCUT2D eigenvalue weighted by Gasteiger charge is -2.16. The highest BCUT2D eigenvalue weighted by atomic mass is 35.5. The van der Waals surface area contributed by atoms with Crippen molar-refractivity contribution < 1.29 is 4.39 Å². The lowest BCUT2D eigenvalue weighted by atomic mass is 10.1. The number of aromatic amines is 1. The summed E-state index contributed by atoms with van der Waals surface area (Å²) in [5.41, 5.74) is 2.79. The third-order valence-corrected chi connectivity index (χ3v) is 5.47. The average Bonchev–Trinajstić information content (AvgIpc) is 3.47. The number of hydrogen-bond donors (Lipinski definition) is 3. The molecule has 30 heavy (non-hydrogen) atoms. The fourth-order valence-electron chi connectivity index (χ4n) is 3.42. The van der Waals surface area contributed by atoms with Crippen molar-refractivity contribution in [1.29, 1.82) is 0 Å². The van der Waals surface area contributed by atoms with Gasteiger partial charge in [0.2, 0.25) is 5.95 Å². The molecule has 6 nitrogen and oxygen atoms in total. The molecular formula is C22H20ClFN6. The lowest BCUT2D eigenvalue weighted by Crippen LogP contribution is -2.10. The van der Waals surface area contributed by atoms with Gasteiger partial charge in [0.05, 0.1) is 11.6 Å². The second-order valence-electron chi connectivity index (χ2n) is 7.58. The highest BCUT2D eigenvalue weighted by Crippen LogP contribution is 2.40. The first kappa shape index (κ1) is 18.8. The van der Waals surface area contributed by atoms with Crippen LogP contribution in [0, 0.1) is 5.82 Å². The maximum Gasteiger partial charge on any atom is 0.225 e. The van der Waals surface area contributed by atoms with Crippen LogP contribution in [0.4, 0.5) is 22.0 Å². The molecule has 2 aromatic carbocycles. The van der Waals surface area contributed by atoms with Crippen molar-refractivity contribution in [2.24, 2.45) is 0 Å². The Morgan fingerprint density at radius 1 is 1.10 bits per heavy atom. The van der Waals surface area contributed by atoms with Crippen molar-refractivity contribution >= 4 is 40.1 Å². The van der Waals surface area contributed by atoms with Crippen molar-refractivity contribution in [3.05, 3.63) is 70.6 Å². The summed E-state index contributed by atoms with van der Waals surface area (Å²) in [6, 6.07) is 13.8. The summed E-state index contributed by atoms with van der Waals surface area (Å²) >= 11 is 6.19. The van der Waals surface area contributed by atoms with Gasteiger partial charge in [-0.05, 0) is 55.7 Å². The maximum absolute atomic E-state index is 13.2. The number of aromatic nitrogens is 4. The van der Waals surface area contributed by atoms with E-state index >= 15 is 0 Å². The quantitative estimate of drug-likeness (QED) is 0.358. The molecule has 1 saturated carbocycles. The summed E-state index contributed by atoms with van der Waals surface area (Å²) in [5.74, 6) is 2.12. The number of benzene rings is 2. The van der Waals surface area contributed by atoms with Crippen LogP contribution in [0.3, 0.4) is 0 Å². The minimum Gasteiger partial charge on any atom is -0.348 e. The van der Waals surface area contributed by atoms with E-state index in [4.69, 9.17) is 11.6 Å². The Labute approximate surface area is 177 Å². The van der Waals surface area contributed by atoms with Crippen molar-refractivity contribution in [2.45, 2.75) is 31.7 Å². The van der Waals surface area contributed by atoms with Gasteiger partial charge in [0.25, 0.3) is 0 Å². The molecule has 2 heterocycles. The lowest BCUT2D eigenvalue weighted by molar-refractivity contribution is 0.626. The van der Waals surface area contributed by atoms with Crippen LogP contribution in [-0.2, 0) is 0 Å². The molecule has 0 radical (unpaired) electrons. The van der Waals surface area contributed by atoms with E-state index in [1.54, 1.807) is 18.2 Å². The third-order valence-electron chi connectivity index (χ3n) is 5.24. The van der Waals surface area contributed by atoms with Gasteiger partial charge in [0.1, 0.15) is 11.6 Å². The minimum atomic E-state index is -0.265. The molecular weight excluding hydrogens is 403 g/mol. The van der Waals surface area contributed by atoms with E-state index in [2.05, 4.69) is 30.8 Å². The summed E-state index contributed by atoms with van der Waals surface area (Å²) < 4.78 is 13.2. The molecule has 8 heteroatoms. The van der Waals surface area contributed by atoms with Gasteiger partial charge in [-0.1, -0.05) is 23.7 Å². The first-order valence-electron chi connectivity index (χ1n) is 9.87. The SMILES string of the molecule is C[C@H](Nc1nc(Nc2cc(C3CC3)[nH]n2)c2ccc(Cl)cc2n1)c1ccc(F)cc1. The summed E-state index contributed by atoms with van der Waals surface area (Å²) in [6.07, 6.45) is 2.40. The van der Waals surface area contributed by atoms with Gasteiger partial charge in [0, 0.05) is 28.1 Å². The summed E-state index contributed by atoms with van der Waals surface area (Å²) in [7, 11) is 0. The molecule has 0 spiro atoms. The Morgan fingerprint density at radius 2 is 1.90 bits per heavy atom. The molecule has 1 fully saturated rings. The van der Waals surface area contributed by atoms with Crippen molar-refractivity contribution in [1.82, 2.24) is 20.2 Å². The van der Waals surface area contributed by atoms with Crippen molar-refractivity contribution in [3.63, 3.8) is 0 Å². The molecule has 0 bridgehead atoms. The number of halogens is 2. The molecule has 0 unspecified atom stereocenters. The molecule has 5 rings (SSSR count). The number of nitrogens with one attached hydrogen (secondary N) is 3. The molecule has 1 atom stereocenters.